The molecular weight excluding hydrogens is 444 g/mol. The second-order valence-corrected chi connectivity index (χ2v) is 11.6. The molecule has 5 rings (SSSR count). The van der Waals surface area contributed by atoms with E-state index in [1.165, 1.54) is 0 Å². The summed E-state index contributed by atoms with van der Waals surface area (Å²) in [4.78, 5) is 18.6. The van der Waals surface area contributed by atoms with E-state index in [1.54, 1.807) is 11.3 Å². The number of amides is 1. The Morgan fingerprint density at radius 2 is 1.84 bits per heavy atom. The molecule has 0 aliphatic carbocycles. The van der Waals surface area contributed by atoms with Crippen LogP contribution in [0.15, 0.2) is 54.0 Å². The summed E-state index contributed by atoms with van der Waals surface area (Å²) in [5, 5.41) is 6.75. The number of nitrogens with zero attached hydrogens (tertiary/aromatic N) is 4. The average molecular weight is 471 g/mol. The molecule has 0 N–H and O–H groups in total. The molecule has 4 heterocycles. The van der Waals surface area contributed by atoms with Gasteiger partial charge < -0.3 is 4.90 Å². The first-order valence-electron chi connectivity index (χ1n) is 10.9. The van der Waals surface area contributed by atoms with Crippen LogP contribution in [0.3, 0.4) is 0 Å². The minimum Gasteiger partial charge on any atom is -0.336 e. The number of hydrogen-bond acceptors (Lipinski definition) is 6. The molecule has 2 fully saturated rings. The molecule has 2 saturated heterocycles. The van der Waals surface area contributed by atoms with Gasteiger partial charge in [0.2, 0.25) is 0 Å². The fourth-order valence-corrected chi connectivity index (χ4v) is 7.03. The summed E-state index contributed by atoms with van der Waals surface area (Å²) < 4.78 is 25.5. The Kier molecular flexibility index (Phi) is 5.88. The van der Waals surface area contributed by atoms with Crippen molar-refractivity contribution in [1.29, 1.82) is 0 Å². The van der Waals surface area contributed by atoms with Gasteiger partial charge in [0, 0.05) is 38.4 Å². The highest BCUT2D eigenvalue weighted by Gasteiger charge is 2.35. The molecule has 9 heteroatoms. The molecule has 2 aromatic heterocycles. The average Bonchev–Trinajstić information content (AvgIpc) is 3.54. The Balaban J connectivity index is 1.33. The molecule has 32 heavy (non-hydrogen) atoms. The van der Waals surface area contributed by atoms with Gasteiger partial charge in [0.05, 0.1) is 28.5 Å². The van der Waals surface area contributed by atoms with Gasteiger partial charge in [0.25, 0.3) is 5.91 Å². The monoisotopic (exact) mass is 470 g/mol. The van der Waals surface area contributed by atoms with Crippen molar-refractivity contribution in [3.63, 3.8) is 0 Å². The Bertz CT molecular complexity index is 1180. The first kappa shape index (κ1) is 21.4. The largest absolute Gasteiger partial charge is 0.336 e. The first-order valence-corrected chi connectivity index (χ1v) is 13.6. The number of hydrogen-bond donors (Lipinski definition) is 0. The number of aromatic nitrogens is 2. The van der Waals surface area contributed by atoms with Crippen molar-refractivity contribution in [2.75, 3.05) is 37.7 Å². The maximum atomic E-state index is 13.5. The van der Waals surface area contributed by atoms with Crippen molar-refractivity contribution in [3.8, 4) is 10.6 Å². The van der Waals surface area contributed by atoms with Crippen LogP contribution in [0, 0.1) is 0 Å². The number of thiophene rings is 1. The molecule has 0 radical (unpaired) electrons. The van der Waals surface area contributed by atoms with Gasteiger partial charge in [-0.15, -0.1) is 11.3 Å². The van der Waals surface area contributed by atoms with Gasteiger partial charge in [-0.2, -0.15) is 5.10 Å². The molecule has 2 aliphatic heterocycles. The highest BCUT2D eigenvalue weighted by atomic mass is 32.2. The summed E-state index contributed by atoms with van der Waals surface area (Å²) in [6.45, 7) is 3.22. The second kappa shape index (κ2) is 8.80. The molecule has 0 bridgehead atoms. The van der Waals surface area contributed by atoms with Gasteiger partial charge in [-0.25, -0.2) is 8.42 Å². The smallest absolute Gasteiger partial charge is 0.257 e. The van der Waals surface area contributed by atoms with Gasteiger partial charge in [0.15, 0.2) is 9.84 Å². The summed E-state index contributed by atoms with van der Waals surface area (Å²) in [5.41, 5.74) is 2.48. The molecule has 1 atom stereocenters. The Hall–Kier alpha value is -2.49. The van der Waals surface area contributed by atoms with Crippen LogP contribution >= 0.6 is 11.3 Å². The molecule has 7 nitrogen and oxygen atoms in total. The van der Waals surface area contributed by atoms with Crippen molar-refractivity contribution < 1.29 is 13.2 Å². The van der Waals surface area contributed by atoms with E-state index in [2.05, 4.69) is 17.0 Å². The zero-order chi connectivity index (χ0) is 22.1. The van der Waals surface area contributed by atoms with Gasteiger partial charge in [0.1, 0.15) is 5.69 Å². The number of carbonyl (C=O) groups is 1. The lowest BCUT2D eigenvalue weighted by atomic mass is 10.1. The molecule has 168 valence electrons. The van der Waals surface area contributed by atoms with E-state index in [0.717, 1.165) is 16.1 Å². The number of carbonyl (C=O) groups excluding carboxylic acids is 1. The zero-order valence-electron chi connectivity index (χ0n) is 17.8. The minimum absolute atomic E-state index is 0.00796. The summed E-state index contributed by atoms with van der Waals surface area (Å²) in [5.74, 6) is 0.517. The van der Waals surface area contributed by atoms with Crippen molar-refractivity contribution in [1.82, 2.24) is 19.6 Å². The van der Waals surface area contributed by atoms with Crippen LogP contribution in [0.5, 0.6) is 0 Å². The highest BCUT2D eigenvalue weighted by Crippen LogP contribution is 2.28. The molecule has 1 amide bonds. The van der Waals surface area contributed by atoms with E-state index in [4.69, 9.17) is 5.10 Å². The molecule has 0 saturated carbocycles. The summed E-state index contributed by atoms with van der Waals surface area (Å²) >= 11 is 1.58. The maximum absolute atomic E-state index is 13.5. The molecule has 1 unspecified atom stereocenters. The van der Waals surface area contributed by atoms with Crippen molar-refractivity contribution in [2.24, 2.45) is 0 Å². The molecular formula is C23H26N4O3S2. The van der Waals surface area contributed by atoms with Crippen molar-refractivity contribution in [2.45, 2.75) is 19.0 Å². The van der Waals surface area contributed by atoms with E-state index >= 15 is 0 Å². The molecule has 1 aromatic carbocycles. The summed E-state index contributed by atoms with van der Waals surface area (Å²) in [6.07, 6.45) is 2.56. The topological polar surface area (TPSA) is 75.5 Å². The number of benzene rings is 1. The SMILES string of the molecule is O=C(c1cn(Cc2ccccc2)nc1-c1cccs1)N1CCN(C2CCS(=O)(=O)C2)CC1. The normalized spacial score (nSPS) is 21.1. The van der Waals surface area contributed by atoms with Gasteiger partial charge in [-0.05, 0) is 23.4 Å². The van der Waals surface area contributed by atoms with Crippen molar-refractivity contribution >= 4 is 27.1 Å². The zero-order valence-corrected chi connectivity index (χ0v) is 19.4. The molecule has 0 spiro atoms. The van der Waals surface area contributed by atoms with Gasteiger partial charge in [-0.3, -0.25) is 14.4 Å². The minimum atomic E-state index is -2.90. The standard InChI is InChI=1S/C23H26N4O3S2/c28-23(26-11-9-25(10-12-26)19-8-14-32(29,30)17-19)20-16-27(15-18-5-2-1-3-6-18)24-22(20)21-7-4-13-31-21/h1-7,13,16,19H,8-12,14-15,17H2. The van der Waals surface area contributed by atoms with E-state index in [0.29, 0.717) is 44.7 Å². The second-order valence-electron chi connectivity index (χ2n) is 8.44. The number of piperazine rings is 1. The Morgan fingerprint density at radius 1 is 1.06 bits per heavy atom. The van der Waals surface area contributed by atoms with E-state index in [9.17, 15) is 13.2 Å². The number of rotatable bonds is 5. The quantitative estimate of drug-likeness (QED) is 0.573. The lowest BCUT2D eigenvalue weighted by Gasteiger charge is -2.37. The van der Waals surface area contributed by atoms with E-state index in [1.807, 2.05) is 51.5 Å². The maximum Gasteiger partial charge on any atom is 0.257 e. The van der Waals surface area contributed by atoms with Gasteiger partial charge in [-0.1, -0.05) is 36.4 Å². The fourth-order valence-electron chi connectivity index (χ4n) is 4.55. The molecule has 2 aliphatic rings. The van der Waals surface area contributed by atoms with Crippen LogP contribution in [0.2, 0.25) is 0 Å². The first-order chi connectivity index (χ1) is 15.5. The molecule has 3 aromatic rings. The summed E-state index contributed by atoms with van der Waals surface area (Å²) in [7, 11) is -2.90. The predicted octanol–water partition coefficient (Wildman–Crippen LogP) is 2.60. The summed E-state index contributed by atoms with van der Waals surface area (Å²) in [6, 6.07) is 14.1. The number of sulfone groups is 1. The lowest BCUT2D eigenvalue weighted by molar-refractivity contribution is 0.0588. The van der Waals surface area contributed by atoms with Crippen LogP contribution in [0.25, 0.3) is 10.6 Å². The highest BCUT2D eigenvalue weighted by molar-refractivity contribution is 7.91. The third-order valence-electron chi connectivity index (χ3n) is 6.26. The third kappa shape index (κ3) is 4.51. The van der Waals surface area contributed by atoms with E-state index < -0.39 is 9.84 Å². The third-order valence-corrected chi connectivity index (χ3v) is 8.89. The van der Waals surface area contributed by atoms with Crippen LogP contribution in [-0.4, -0.2) is 77.6 Å². The Labute approximate surface area is 192 Å². The van der Waals surface area contributed by atoms with Gasteiger partial charge >= 0.3 is 0 Å². The lowest BCUT2D eigenvalue weighted by Crippen LogP contribution is -2.52. The van der Waals surface area contributed by atoms with Crippen LogP contribution in [-0.2, 0) is 16.4 Å². The van der Waals surface area contributed by atoms with Crippen LogP contribution in [0.4, 0.5) is 0 Å². The van der Waals surface area contributed by atoms with Crippen molar-refractivity contribution in [3.05, 3.63) is 65.2 Å². The van der Waals surface area contributed by atoms with Crippen LogP contribution < -0.4 is 0 Å². The predicted molar refractivity (Wildman–Crippen MR) is 126 cm³/mol. The Morgan fingerprint density at radius 3 is 2.50 bits per heavy atom. The van der Waals surface area contributed by atoms with E-state index in [-0.39, 0.29) is 23.5 Å². The van der Waals surface area contributed by atoms with Crippen LogP contribution in [0.1, 0.15) is 22.3 Å². The fraction of sp³-hybridized carbons (Fsp3) is 0.391.